The number of ether oxygens (including phenoxy) is 3. The molecular weight excluding hydrogens is 508 g/mol. The number of amides is 1. The van der Waals surface area contributed by atoms with Crippen LogP contribution in [0.3, 0.4) is 0 Å². The van der Waals surface area contributed by atoms with Gasteiger partial charge in [0, 0.05) is 25.0 Å². The van der Waals surface area contributed by atoms with E-state index in [4.69, 9.17) is 14.2 Å². The summed E-state index contributed by atoms with van der Waals surface area (Å²) in [5, 5.41) is 6.16. The van der Waals surface area contributed by atoms with Crippen molar-refractivity contribution in [3.63, 3.8) is 0 Å². The Morgan fingerprint density at radius 2 is 1.70 bits per heavy atom. The third-order valence-electron chi connectivity index (χ3n) is 6.41. The van der Waals surface area contributed by atoms with E-state index in [9.17, 15) is 4.79 Å². The number of carbonyl (C=O) groups excluding carboxylic acids is 1. The number of aromatic nitrogens is 3. The van der Waals surface area contributed by atoms with Gasteiger partial charge in [-0.25, -0.2) is 9.97 Å². The standard InChI is InChI=1S/C30H32N6O4/c1-4-39-24-10-5-6-11-25(24)40-29-23(28(37)34-27-20(2)8-7-9-21(27)3)19-32-30(35-29)33-22-12-13-26(31-18-22)36-14-16-38-17-15-36/h5-13,18-19H,4,14-17H2,1-3H3,(H,34,37)(H,32,33,35). The number of rotatable bonds is 9. The Morgan fingerprint density at radius 1 is 0.950 bits per heavy atom. The third-order valence-corrected chi connectivity index (χ3v) is 6.41. The van der Waals surface area contributed by atoms with Gasteiger partial charge >= 0.3 is 0 Å². The number of hydrogen-bond donors (Lipinski definition) is 2. The second-order valence-corrected chi connectivity index (χ2v) is 9.24. The molecule has 0 radical (unpaired) electrons. The molecule has 10 nitrogen and oxygen atoms in total. The number of aryl methyl sites for hydroxylation is 2. The molecule has 1 aliphatic heterocycles. The Kier molecular flexibility index (Phi) is 8.36. The average Bonchev–Trinajstić information content (AvgIpc) is 2.97. The topological polar surface area (TPSA) is 111 Å². The van der Waals surface area contributed by atoms with E-state index in [1.807, 2.05) is 63.2 Å². The van der Waals surface area contributed by atoms with Crippen LogP contribution in [0.2, 0.25) is 0 Å². The first kappa shape index (κ1) is 26.9. The summed E-state index contributed by atoms with van der Waals surface area (Å²) < 4.78 is 17.3. The van der Waals surface area contributed by atoms with Gasteiger partial charge in [0.1, 0.15) is 11.4 Å². The first-order chi connectivity index (χ1) is 19.5. The zero-order valence-corrected chi connectivity index (χ0v) is 22.8. The largest absolute Gasteiger partial charge is 0.490 e. The minimum atomic E-state index is -0.385. The highest BCUT2D eigenvalue weighted by Gasteiger charge is 2.20. The maximum Gasteiger partial charge on any atom is 0.262 e. The Bertz CT molecular complexity index is 1450. The fraction of sp³-hybridized carbons (Fsp3) is 0.267. The maximum atomic E-state index is 13.5. The molecule has 40 heavy (non-hydrogen) atoms. The van der Waals surface area contributed by atoms with Crippen LogP contribution in [0, 0.1) is 13.8 Å². The molecule has 2 aromatic carbocycles. The van der Waals surface area contributed by atoms with E-state index < -0.39 is 0 Å². The molecule has 1 amide bonds. The third kappa shape index (κ3) is 6.29. The van der Waals surface area contributed by atoms with Crippen LogP contribution in [0.4, 0.5) is 23.1 Å². The molecule has 1 fully saturated rings. The van der Waals surface area contributed by atoms with Crippen LogP contribution in [0.5, 0.6) is 17.4 Å². The van der Waals surface area contributed by atoms with Crippen LogP contribution in [-0.4, -0.2) is 53.8 Å². The second kappa shape index (κ2) is 12.4. The smallest absolute Gasteiger partial charge is 0.262 e. The number of pyridine rings is 1. The van der Waals surface area contributed by atoms with Crippen LogP contribution in [0.15, 0.2) is 67.0 Å². The van der Waals surface area contributed by atoms with Crippen molar-refractivity contribution in [2.75, 3.05) is 48.4 Å². The number of para-hydroxylation sites is 3. The van der Waals surface area contributed by atoms with Gasteiger partial charge in [-0.3, -0.25) is 4.79 Å². The lowest BCUT2D eigenvalue weighted by atomic mass is 10.1. The number of anilines is 4. The van der Waals surface area contributed by atoms with Gasteiger partial charge in [0.05, 0.1) is 31.7 Å². The number of carbonyl (C=O) groups is 1. The molecule has 0 unspecified atom stereocenters. The predicted octanol–water partition coefficient (Wildman–Crippen LogP) is 5.51. The maximum absolute atomic E-state index is 13.5. The molecule has 1 saturated heterocycles. The average molecular weight is 541 g/mol. The van der Waals surface area contributed by atoms with Crippen LogP contribution in [0.25, 0.3) is 0 Å². The van der Waals surface area contributed by atoms with Gasteiger partial charge in [-0.1, -0.05) is 30.3 Å². The van der Waals surface area contributed by atoms with E-state index in [0.29, 0.717) is 37.0 Å². The highest BCUT2D eigenvalue weighted by molar-refractivity contribution is 6.06. The van der Waals surface area contributed by atoms with E-state index in [0.717, 1.165) is 35.7 Å². The first-order valence-corrected chi connectivity index (χ1v) is 13.2. The lowest BCUT2D eigenvalue weighted by Gasteiger charge is -2.27. The Balaban J connectivity index is 1.43. The van der Waals surface area contributed by atoms with Crippen molar-refractivity contribution in [1.82, 2.24) is 15.0 Å². The van der Waals surface area contributed by atoms with Crippen LogP contribution < -0.4 is 25.0 Å². The van der Waals surface area contributed by atoms with Gasteiger partial charge in [0.2, 0.25) is 11.8 Å². The normalized spacial score (nSPS) is 13.0. The molecule has 2 aromatic heterocycles. The molecule has 0 spiro atoms. The first-order valence-electron chi connectivity index (χ1n) is 13.2. The molecule has 10 heteroatoms. The van der Waals surface area contributed by atoms with Crippen molar-refractivity contribution in [3.05, 3.63) is 83.7 Å². The molecule has 5 rings (SSSR count). The van der Waals surface area contributed by atoms with Gasteiger partial charge < -0.3 is 29.7 Å². The molecule has 3 heterocycles. The number of morpholine rings is 1. The second-order valence-electron chi connectivity index (χ2n) is 9.24. The summed E-state index contributed by atoms with van der Waals surface area (Å²) in [5.74, 6) is 1.82. The fourth-order valence-electron chi connectivity index (χ4n) is 4.33. The van der Waals surface area contributed by atoms with E-state index in [1.54, 1.807) is 18.3 Å². The van der Waals surface area contributed by atoms with Gasteiger partial charge in [-0.2, -0.15) is 4.98 Å². The van der Waals surface area contributed by atoms with Gasteiger partial charge in [-0.15, -0.1) is 0 Å². The van der Waals surface area contributed by atoms with Gasteiger partial charge in [-0.05, 0) is 56.2 Å². The number of nitrogens with one attached hydrogen (secondary N) is 2. The molecule has 0 atom stereocenters. The summed E-state index contributed by atoms with van der Waals surface area (Å²) >= 11 is 0. The summed E-state index contributed by atoms with van der Waals surface area (Å²) in [7, 11) is 0. The minimum Gasteiger partial charge on any atom is -0.490 e. The molecule has 0 aliphatic carbocycles. The Hall–Kier alpha value is -4.70. The van der Waals surface area contributed by atoms with Crippen molar-refractivity contribution in [2.45, 2.75) is 20.8 Å². The Labute approximate surface area is 233 Å². The quantitative estimate of drug-likeness (QED) is 0.284. The number of hydrogen-bond acceptors (Lipinski definition) is 9. The zero-order chi connectivity index (χ0) is 27.9. The van der Waals surface area contributed by atoms with E-state index in [2.05, 4.69) is 30.5 Å². The van der Waals surface area contributed by atoms with Crippen molar-refractivity contribution in [2.24, 2.45) is 0 Å². The van der Waals surface area contributed by atoms with Crippen molar-refractivity contribution < 1.29 is 19.0 Å². The summed E-state index contributed by atoms with van der Waals surface area (Å²) in [6.07, 6.45) is 3.17. The number of benzene rings is 2. The van der Waals surface area contributed by atoms with Crippen LogP contribution in [-0.2, 0) is 4.74 Å². The molecule has 206 valence electrons. The molecule has 0 bridgehead atoms. The van der Waals surface area contributed by atoms with Crippen LogP contribution >= 0.6 is 0 Å². The van der Waals surface area contributed by atoms with E-state index in [-0.39, 0.29) is 23.3 Å². The molecule has 4 aromatic rings. The SMILES string of the molecule is CCOc1ccccc1Oc1nc(Nc2ccc(N3CCOCC3)nc2)ncc1C(=O)Nc1c(C)cccc1C. The highest BCUT2D eigenvalue weighted by Crippen LogP contribution is 2.33. The Morgan fingerprint density at radius 3 is 2.40 bits per heavy atom. The monoisotopic (exact) mass is 540 g/mol. The number of nitrogens with zero attached hydrogens (tertiary/aromatic N) is 4. The predicted molar refractivity (Wildman–Crippen MR) is 154 cm³/mol. The minimum absolute atomic E-state index is 0.0892. The lowest BCUT2D eigenvalue weighted by molar-refractivity contribution is 0.102. The molecule has 2 N–H and O–H groups in total. The van der Waals surface area contributed by atoms with Crippen molar-refractivity contribution in [3.8, 4) is 17.4 Å². The van der Waals surface area contributed by atoms with E-state index in [1.165, 1.54) is 6.20 Å². The zero-order valence-electron chi connectivity index (χ0n) is 22.8. The van der Waals surface area contributed by atoms with Crippen molar-refractivity contribution in [1.29, 1.82) is 0 Å². The van der Waals surface area contributed by atoms with Crippen LogP contribution in [0.1, 0.15) is 28.4 Å². The summed E-state index contributed by atoms with van der Waals surface area (Å²) in [6.45, 7) is 9.23. The van der Waals surface area contributed by atoms with Gasteiger partial charge in [0.15, 0.2) is 11.5 Å². The fourth-order valence-corrected chi connectivity index (χ4v) is 4.33. The van der Waals surface area contributed by atoms with Gasteiger partial charge in [0.25, 0.3) is 5.91 Å². The highest BCUT2D eigenvalue weighted by atomic mass is 16.5. The molecular formula is C30H32N6O4. The van der Waals surface area contributed by atoms with E-state index >= 15 is 0 Å². The summed E-state index contributed by atoms with van der Waals surface area (Å²) in [5.41, 5.74) is 3.52. The lowest BCUT2D eigenvalue weighted by Crippen LogP contribution is -2.36. The molecule has 1 aliphatic rings. The van der Waals surface area contributed by atoms with Crippen molar-refractivity contribution >= 4 is 29.0 Å². The summed E-state index contributed by atoms with van der Waals surface area (Å²) in [6, 6.07) is 16.9. The molecule has 0 saturated carbocycles. The summed E-state index contributed by atoms with van der Waals surface area (Å²) in [4.78, 5) is 29.2.